The van der Waals surface area contributed by atoms with E-state index in [9.17, 15) is 4.39 Å². The van der Waals surface area contributed by atoms with Gasteiger partial charge in [-0.3, -0.25) is 0 Å². The molecule has 0 amide bonds. The molecule has 1 aromatic rings. The van der Waals surface area contributed by atoms with Crippen LogP contribution in [0.5, 0.6) is 0 Å². The fraction of sp³-hybridized carbons (Fsp3) is 0.500. The minimum Gasteiger partial charge on any atom is -0.370 e. The predicted octanol–water partition coefficient (Wildman–Crippen LogP) is 3.04. The smallest absolute Gasteiger partial charge is 0.189 e. The molecule has 0 saturated heterocycles. The number of aliphatic imine (C=N–C) groups is 1. The van der Waals surface area contributed by atoms with E-state index in [1.54, 1.807) is 6.07 Å². The van der Waals surface area contributed by atoms with Crippen molar-refractivity contribution in [1.29, 1.82) is 0 Å². The summed E-state index contributed by atoms with van der Waals surface area (Å²) >= 11 is 5.67. The largest absolute Gasteiger partial charge is 0.370 e. The minimum atomic E-state index is -0.380. The second-order valence-corrected chi connectivity index (χ2v) is 6.38. The molecular weight excluding hydrogens is 265 g/mol. The Hall–Kier alpha value is -1.29. The zero-order chi connectivity index (χ0) is 14.2. The fourth-order valence-electron chi connectivity index (χ4n) is 2.02. The third-order valence-electron chi connectivity index (χ3n) is 2.94. The zero-order valence-corrected chi connectivity index (χ0v) is 12.1. The molecule has 0 radical (unpaired) electrons. The van der Waals surface area contributed by atoms with Crippen LogP contribution in [0.25, 0.3) is 0 Å². The number of benzene rings is 1. The SMILES string of the molecule is CC(C)(C)NC(N)=N[C@@H]1C[C@H]1c1ccc(Cl)c(F)c1. The number of halogens is 2. The maximum Gasteiger partial charge on any atom is 0.189 e. The summed E-state index contributed by atoms with van der Waals surface area (Å²) in [5.41, 5.74) is 6.66. The standard InChI is InChI=1S/C14H19ClFN3/c1-14(2,3)19-13(17)18-12-7-9(12)8-4-5-10(15)11(16)6-8/h4-6,9,12H,7H2,1-3H3,(H3,17,18,19)/t9-,12+/m0/s1. The van der Waals surface area contributed by atoms with Gasteiger partial charge in [-0.25, -0.2) is 9.38 Å². The lowest BCUT2D eigenvalue weighted by Gasteiger charge is -2.21. The molecule has 0 spiro atoms. The molecule has 0 bridgehead atoms. The first-order chi connectivity index (χ1) is 8.76. The molecule has 0 aromatic heterocycles. The predicted molar refractivity (Wildman–Crippen MR) is 77.1 cm³/mol. The number of guanidine groups is 1. The number of nitrogens with one attached hydrogen (secondary N) is 1. The molecule has 3 N–H and O–H groups in total. The maximum absolute atomic E-state index is 13.4. The number of nitrogens with two attached hydrogens (primary N) is 1. The summed E-state index contributed by atoms with van der Waals surface area (Å²) in [5.74, 6) is 0.302. The van der Waals surface area contributed by atoms with Crippen molar-refractivity contribution in [2.75, 3.05) is 0 Å². The van der Waals surface area contributed by atoms with Gasteiger partial charge in [0, 0.05) is 11.5 Å². The van der Waals surface area contributed by atoms with Crippen molar-refractivity contribution in [2.45, 2.75) is 44.7 Å². The maximum atomic E-state index is 13.4. The zero-order valence-electron chi connectivity index (χ0n) is 11.4. The van der Waals surface area contributed by atoms with Gasteiger partial charge in [0.1, 0.15) is 5.82 Å². The summed E-state index contributed by atoms with van der Waals surface area (Å²) in [6.45, 7) is 6.07. The van der Waals surface area contributed by atoms with E-state index in [0.29, 0.717) is 5.96 Å². The van der Waals surface area contributed by atoms with Crippen molar-refractivity contribution >= 4 is 17.6 Å². The highest BCUT2D eigenvalue weighted by molar-refractivity contribution is 6.30. The lowest BCUT2D eigenvalue weighted by Crippen LogP contribution is -2.45. The van der Waals surface area contributed by atoms with Gasteiger partial charge >= 0.3 is 0 Å². The quantitative estimate of drug-likeness (QED) is 0.647. The molecule has 1 saturated carbocycles. The van der Waals surface area contributed by atoms with Crippen LogP contribution in [0, 0.1) is 5.82 Å². The molecule has 104 valence electrons. The van der Waals surface area contributed by atoms with Crippen LogP contribution < -0.4 is 11.1 Å². The van der Waals surface area contributed by atoms with Gasteiger partial charge in [0.15, 0.2) is 5.96 Å². The van der Waals surface area contributed by atoms with Gasteiger partial charge in [-0.05, 0) is 44.9 Å². The normalized spacial score (nSPS) is 23.3. The molecule has 2 atom stereocenters. The van der Waals surface area contributed by atoms with Crippen molar-refractivity contribution in [1.82, 2.24) is 5.32 Å². The summed E-state index contributed by atoms with van der Waals surface area (Å²) in [7, 11) is 0. The highest BCUT2D eigenvalue weighted by atomic mass is 35.5. The first-order valence-corrected chi connectivity index (χ1v) is 6.70. The lowest BCUT2D eigenvalue weighted by atomic mass is 10.1. The molecule has 19 heavy (non-hydrogen) atoms. The first-order valence-electron chi connectivity index (χ1n) is 6.32. The van der Waals surface area contributed by atoms with Crippen molar-refractivity contribution in [3.05, 3.63) is 34.6 Å². The van der Waals surface area contributed by atoms with E-state index >= 15 is 0 Å². The van der Waals surface area contributed by atoms with Gasteiger partial charge in [0.05, 0.1) is 11.1 Å². The van der Waals surface area contributed by atoms with Gasteiger partial charge < -0.3 is 11.1 Å². The van der Waals surface area contributed by atoms with E-state index < -0.39 is 0 Å². The van der Waals surface area contributed by atoms with Gasteiger partial charge in [0.2, 0.25) is 0 Å². The second kappa shape index (κ2) is 5.00. The highest BCUT2D eigenvalue weighted by Gasteiger charge is 2.39. The van der Waals surface area contributed by atoms with Gasteiger partial charge in [0.25, 0.3) is 0 Å². The van der Waals surface area contributed by atoms with E-state index in [1.807, 2.05) is 26.8 Å². The number of hydrogen-bond donors (Lipinski definition) is 2. The first kappa shape index (κ1) is 14.1. The molecule has 3 nitrogen and oxygen atoms in total. The third kappa shape index (κ3) is 3.83. The number of hydrogen-bond acceptors (Lipinski definition) is 1. The van der Waals surface area contributed by atoms with Crippen LogP contribution in [0.15, 0.2) is 23.2 Å². The van der Waals surface area contributed by atoms with E-state index in [4.69, 9.17) is 17.3 Å². The summed E-state index contributed by atoms with van der Waals surface area (Å²) in [6.07, 6.45) is 0.896. The molecule has 5 heteroatoms. The van der Waals surface area contributed by atoms with E-state index in [1.165, 1.54) is 6.07 Å². The Labute approximate surface area is 118 Å². The molecule has 0 unspecified atom stereocenters. The van der Waals surface area contributed by atoms with Gasteiger partial charge in [-0.1, -0.05) is 17.7 Å². The molecule has 1 aliphatic carbocycles. The van der Waals surface area contributed by atoms with Crippen molar-refractivity contribution in [3.63, 3.8) is 0 Å². The van der Waals surface area contributed by atoms with E-state index in [0.717, 1.165) is 12.0 Å². The summed E-state index contributed by atoms with van der Waals surface area (Å²) in [4.78, 5) is 4.41. The van der Waals surface area contributed by atoms with Crippen molar-refractivity contribution < 1.29 is 4.39 Å². The van der Waals surface area contributed by atoms with E-state index in [-0.39, 0.29) is 28.3 Å². The van der Waals surface area contributed by atoms with E-state index in [2.05, 4.69) is 10.3 Å². The fourth-order valence-corrected chi connectivity index (χ4v) is 2.14. The Morgan fingerprint density at radius 3 is 2.74 bits per heavy atom. The Kier molecular flexibility index (Phi) is 3.72. The Bertz CT molecular complexity index is 508. The molecule has 1 fully saturated rings. The Balaban J connectivity index is 2.01. The van der Waals surface area contributed by atoms with Gasteiger partial charge in [-0.2, -0.15) is 0 Å². The molecule has 1 aliphatic rings. The van der Waals surface area contributed by atoms with Crippen molar-refractivity contribution in [2.24, 2.45) is 10.7 Å². The van der Waals surface area contributed by atoms with Crippen LogP contribution in [-0.2, 0) is 0 Å². The monoisotopic (exact) mass is 283 g/mol. The van der Waals surface area contributed by atoms with Crippen LogP contribution in [0.1, 0.15) is 38.7 Å². The van der Waals surface area contributed by atoms with Gasteiger partial charge in [-0.15, -0.1) is 0 Å². The lowest BCUT2D eigenvalue weighted by molar-refractivity contribution is 0.508. The summed E-state index contributed by atoms with van der Waals surface area (Å²) in [5, 5.41) is 3.27. The minimum absolute atomic E-state index is 0.107. The number of rotatable bonds is 2. The Morgan fingerprint density at radius 2 is 2.16 bits per heavy atom. The van der Waals surface area contributed by atoms with Crippen LogP contribution in [-0.4, -0.2) is 17.5 Å². The third-order valence-corrected chi connectivity index (χ3v) is 3.24. The van der Waals surface area contributed by atoms with Crippen LogP contribution >= 0.6 is 11.6 Å². The summed E-state index contributed by atoms with van der Waals surface area (Å²) < 4.78 is 13.4. The number of nitrogens with zero attached hydrogens (tertiary/aromatic N) is 1. The van der Waals surface area contributed by atoms with Crippen LogP contribution in [0.2, 0.25) is 5.02 Å². The topological polar surface area (TPSA) is 50.4 Å². The molecule has 1 aromatic carbocycles. The molecular formula is C14H19ClFN3. The van der Waals surface area contributed by atoms with Crippen LogP contribution in [0.4, 0.5) is 4.39 Å². The average molecular weight is 284 g/mol. The molecule has 2 rings (SSSR count). The average Bonchev–Trinajstić information content (AvgIpc) is 2.98. The molecule has 0 aliphatic heterocycles. The molecule has 0 heterocycles. The summed E-state index contributed by atoms with van der Waals surface area (Å²) in [6, 6.07) is 5.05. The second-order valence-electron chi connectivity index (χ2n) is 5.97. The van der Waals surface area contributed by atoms with Crippen LogP contribution in [0.3, 0.4) is 0 Å². The Morgan fingerprint density at radius 1 is 1.47 bits per heavy atom. The highest BCUT2D eigenvalue weighted by Crippen LogP contribution is 2.44. The van der Waals surface area contributed by atoms with Crippen molar-refractivity contribution in [3.8, 4) is 0 Å².